The molecule has 0 saturated heterocycles. The first-order chi connectivity index (χ1) is 8.83. The van der Waals surface area contributed by atoms with E-state index in [4.69, 9.17) is 16.0 Å². The third kappa shape index (κ3) is 1.27. The molecule has 4 rings (SSSR count). The summed E-state index contributed by atoms with van der Waals surface area (Å²) in [5, 5.41) is 2.63. The molecule has 4 aromatic rings. The third-order valence-corrected chi connectivity index (χ3v) is 3.44. The van der Waals surface area contributed by atoms with Gasteiger partial charge < -0.3 is 4.42 Å². The van der Waals surface area contributed by atoms with Gasteiger partial charge in [-0.25, -0.2) is 4.98 Å². The molecule has 0 unspecified atom stereocenters. The van der Waals surface area contributed by atoms with E-state index >= 15 is 0 Å². The zero-order valence-electron chi connectivity index (χ0n) is 9.35. The van der Waals surface area contributed by atoms with E-state index in [2.05, 4.69) is 4.98 Å². The fraction of sp³-hybridized carbons (Fsp3) is 0. The van der Waals surface area contributed by atoms with Crippen LogP contribution in [0.25, 0.3) is 33.0 Å². The Morgan fingerprint density at radius 3 is 2.78 bits per heavy atom. The molecule has 0 atom stereocenters. The van der Waals surface area contributed by atoms with Crippen LogP contribution >= 0.6 is 11.6 Å². The molecular weight excluding hydrogens is 246 g/mol. The van der Waals surface area contributed by atoms with Gasteiger partial charge in [0, 0.05) is 5.39 Å². The van der Waals surface area contributed by atoms with Crippen LogP contribution in [0.3, 0.4) is 0 Å². The Bertz CT molecular complexity index is 895. The highest BCUT2D eigenvalue weighted by atomic mass is 35.5. The molecule has 2 nitrogen and oxygen atoms in total. The summed E-state index contributed by atoms with van der Waals surface area (Å²) in [6.07, 6.45) is 0. The maximum absolute atomic E-state index is 6.23. The monoisotopic (exact) mass is 253 g/mol. The molecule has 0 N–H and O–H groups in total. The second kappa shape index (κ2) is 3.47. The highest BCUT2D eigenvalue weighted by Crippen LogP contribution is 2.33. The fourth-order valence-corrected chi connectivity index (χ4v) is 2.55. The van der Waals surface area contributed by atoms with Crippen LogP contribution in [0.2, 0.25) is 5.02 Å². The van der Waals surface area contributed by atoms with Gasteiger partial charge in [-0.1, -0.05) is 35.9 Å². The second-order valence-electron chi connectivity index (χ2n) is 4.24. The van der Waals surface area contributed by atoms with Crippen molar-refractivity contribution in [3.05, 3.63) is 53.6 Å². The van der Waals surface area contributed by atoms with Crippen LogP contribution < -0.4 is 0 Å². The maximum atomic E-state index is 6.23. The number of benzene rings is 2. The quantitative estimate of drug-likeness (QED) is 0.450. The molecule has 0 spiro atoms. The molecule has 0 radical (unpaired) electrons. The van der Waals surface area contributed by atoms with Crippen molar-refractivity contribution in [3.63, 3.8) is 0 Å². The lowest BCUT2D eigenvalue weighted by Crippen LogP contribution is -1.79. The van der Waals surface area contributed by atoms with Crippen LogP contribution in [0.5, 0.6) is 0 Å². The van der Waals surface area contributed by atoms with Gasteiger partial charge in [-0.3, -0.25) is 0 Å². The van der Waals surface area contributed by atoms with E-state index in [9.17, 15) is 0 Å². The molecule has 2 aromatic carbocycles. The average molecular weight is 254 g/mol. The van der Waals surface area contributed by atoms with Crippen LogP contribution in [-0.4, -0.2) is 4.98 Å². The van der Waals surface area contributed by atoms with Gasteiger partial charge in [-0.2, -0.15) is 0 Å². The van der Waals surface area contributed by atoms with Crippen LogP contribution in [0.15, 0.2) is 52.9 Å². The highest BCUT2D eigenvalue weighted by Gasteiger charge is 2.11. The molecule has 2 aromatic heterocycles. The lowest BCUT2D eigenvalue weighted by molar-refractivity contribution is 0.669. The minimum Gasteiger partial charge on any atom is -0.454 e. The first-order valence-corrected chi connectivity index (χ1v) is 6.07. The fourth-order valence-electron chi connectivity index (χ4n) is 2.29. The number of rotatable bonds is 0. The topological polar surface area (TPSA) is 26.0 Å². The van der Waals surface area contributed by atoms with Crippen LogP contribution in [0.4, 0.5) is 0 Å². The van der Waals surface area contributed by atoms with E-state index in [-0.39, 0.29) is 0 Å². The van der Waals surface area contributed by atoms with Crippen molar-refractivity contribution in [2.24, 2.45) is 0 Å². The molecule has 0 amide bonds. The van der Waals surface area contributed by atoms with Crippen molar-refractivity contribution in [1.82, 2.24) is 4.98 Å². The van der Waals surface area contributed by atoms with Crippen LogP contribution in [0.1, 0.15) is 0 Å². The molecule has 18 heavy (non-hydrogen) atoms. The Kier molecular flexibility index (Phi) is 1.91. The number of halogens is 1. The van der Waals surface area contributed by atoms with Gasteiger partial charge in [-0.15, -0.1) is 0 Å². The predicted octanol–water partition coefficient (Wildman–Crippen LogP) is 4.79. The van der Waals surface area contributed by atoms with Gasteiger partial charge in [0.15, 0.2) is 5.58 Å². The number of pyridine rings is 1. The number of aromatic nitrogens is 1. The van der Waals surface area contributed by atoms with Crippen molar-refractivity contribution < 1.29 is 4.42 Å². The summed E-state index contributed by atoms with van der Waals surface area (Å²) in [4.78, 5) is 4.65. The minimum absolute atomic E-state index is 0.675. The highest BCUT2D eigenvalue weighted by molar-refractivity contribution is 6.37. The maximum Gasteiger partial charge on any atom is 0.154 e. The lowest BCUT2D eigenvalue weighted by atomic mass is 10.2. The normalized spacial score (nSPS) is 11.6. The van der Waals surface area contributed by atoms with Gasteiger partial charge in [0.2, 0.25) is 0 Å². The minimum atomic E-state index is 0.675. The van der Waals surface area contributed by atoms with E-state index < -0.39 is 0 Å². The van der Waals surface area contributed by atoms with E-state index in [1.807, 2.05) is 48.5 Å². The summed E-state index contributed by atoms with van der Waals surface area (Å²) in [5.41, 5.74) is 3.33. The van der Waals surface area contributed by atoms with Crippen molar-refractivity contribution in [2.75, 3.05) is 0 Å². The number of hydrogen-bond donors (Lipinski definition) is 0. The Balaban J connectivity index is 2.29. The largest absolute Gasteiger partial charge is 0.454 e. The molecule has 0 saturated carbocycles. The zero-order valence-corrected chi connectivity index (χ0v) is 10.1. The summed E-state index contributed by atoms with van der Waals surface area (Å²) < 4.78 is 5.79. The summed E-state index contributed by atoms with van der Waals surface area (Å²) in [7, 11) is 0. The van der Waals surface area contributed by atoms with Crippen molar-refractivity contribution in [3.8, 4) is 0 Å². The third-order valence-electron chi connectivity index (χ3n) is 3.12. The zero-order chi connectivity index (χ0) is 12.1. The molecule has 0 aliphatic carbocycles. The average Bonchev–Trinajstić information content (AvgIpc) is 2.74. The number of nitrogens with zero attached hydrogens (tertiary/aromatic N) is 1. The molecule has 0 aliphatic heterocycles. The van der Waals surface area contributed by atoms with E-state index in [0.717, 1.165) is 33.0 Å². The van der Waals surface area contributed by atoms with Gasteiger partial charge in [-0.05, 0) is 24.3 Å². The Morgan fingerprint density at radius 1 is 0.944 bits per heavy atom. The molecule has 0 aliphatic rings. The molecule has 2 heterocycles. The van der Waals surface area contributed by atoms with E-state index in [1.165, 1.54) is 0 Å². The van der Waals surface area contributed by atoms with E-state index in [0.29, 0.717) is 5.02 Å². The van der Waals surface area contributed by atoms with Crippen molar-refractivity contribution in [2.45, 2.75) is 0 Å². The van der Waals surface area contributed by atoms with Gasteiger partial charge in [0.25, 0.3) is 0 Å². The first-order valence-electron chi connectivity index (χ1n) is 5.69. The second-order valence-corrected chi connectivity index (χ2v) is 4.65. The van der Waals surface area contributed by atoms with Crippen molar-refractivity contribution in [1.29, 1.82) is 0 Å². The van der Waals surface area contributed by atoms with Crippen molar-refractivity contribution >= 4 is 44.6 Å². The standard InChI is InChI=1S/C15H8ClNO/c16-10-5-3-7-12-14(10)15-13(18-12)8-9-4-1-2-6-11(9)17-15/h1-8H. The van der Waals surface area contributed by atoms with Crippen LogP contribution in [0, 0.1) is 0 Å². The van der Waals surface area contributed by atoms with Gasteiger partial charge >= 0.3 is 0 Å². The number of para-hydroxylation sites is 1. The Labute approximate surface area is 108 Å². The smallest absolute Gasteiger partial charge is 0.154 e. The predicted molar refractivity (Wildman–Crippen MR) is 74.0 cm³/mol. The Hall–Kier alpha value is -2.06. The lowest BCUT2D eigenvalue weighted by Gasteiger charge is -1.96. The molecule has 0 fully saturated rings. The van der Waals surface area contributed by atoms with E-state index in [1.54, 1.807) is 0 Å². The molecule has 86 valence electrons. The molecular formula is C15H8ClNO. The van der Waals surface area contributed by atoms with Gasteiger partial charge in [0.1, 0.15) is 11.1 Å². The van der Waals surface area contributed by atoms with Crippen LogP contribution in [-0.2, 0) is 0 Å². The molecule has 0 bridgehead atoms. The number of furan rings is 1. The van der Waals surface area contributed by atoms with Gasteiger partial charge in [0.05, 0.1) is 15.9 Å². The number of hydrogen-bond acceptors (Lipinski definition) is 2. The molecule has 3 heteroatoms. The summed E-state index contributed by atoms with van der Waals surface area (Å²) in [6.45, 7) is 0. The summed E-state index contributed by atoms with van der Waals surface area (Å²) >= 11 is 6.23. The SMILES string of the molecule is Clc1cccc2oc3cc4ccccc4nc3c12. The summed E-state index contributed by atoms with van der Waals surface area (Å²) in [5.74, 6) is 0. The Morgan fingerprint density at radius 2 is 1.83 bits per heavy atom. The number of fused-ring (bicyclic) bond motifs is 4. The summed E-state index contributed by atoms with van der Waals surface area (Å²) in [6, 6.07) is 15.6. The first kappa shape index (κ1) is 9.92.